The van der Waals surface area contributed by atoms with Gasteiger partial charge in [0.05, 0.1) is 6.54 Å². The lowest BCUT2D eigenvalue weighted by molar-refractivity contribution is 0.474. The van der Waals surface area contributed by atoms with E-state index in [4.69, 9.17) is 16.6 Å². The average molecular weight is 403 g/mol. The first-order valence-corrected chi connectivity index (χ1v) is 9.90. The van der Waals surface area contributed by atoms with Gasteiger partial charge in [0, 0.05) is 30.5 Å². The number of nitrogens with one attached hydrogen (secondary N) is 1. The van der Waals surface area contributed by atoms with Crippen LogP contribution in [0, 0.1) is 6.92 Å². The van der Waals surface area contributed by atoms with Crippen LogP contribution in [0.2, 0.25) is 5.02 Å². The molecule has 0 amide bonds. The fourth-order valence-corrected chi connectivity index (χ4v) is 3.33. The van der Waals surface area contributed by atoms with Crippen molar-refractivity contribution < 1.29 is 0 Å². The van der Waals surface area contributed by atoms with Gasteiger partial charge in [0.15, 0.2) is 11.8 Å². The molecule has 0 saturated heterocycles. The van der Waals surface area contributed by atoms with Crippen molar-refractivity contribution in [3.05, 3.63) is 68.9 Å². The molecule has 6 nitrogen and oxygen atoms in total. The van der Waals surface area contributed by atoms with Crippen LogP contribution in [-0.2, 0) is 26.7 Å². The molecule has 8 heteroatoms. The van der Waals surface area contributed by atoms with Crippen molar-refractivity contribution in [1.82, 2.24) is 25.0 Å². The topological polar surface area (TPSA) is 58.3 Å². The summed E-state index contributed by atoms with van der Waals surface area (Å²) >= 11 is 7.71. The van der Waals surface area contributed by atoms with Gasteiger partial charge in [-0.2, -0.15) is 0 Å². The van der Waals surface area contributed by atoms with Gasteiger partial charge >= 0.3 is 0 Å². The number of nitrogens with zero attached hydrogens (tertiary/aromatic N) is 5. The van der Waals surface area contributed by atoms with Crippen molar-refractivity contribution in [1.29, 1.82) is 0 Å². The molecule has 0 spiro atoms. The number of hydrogen-bond acceptors (Lipinski definition) is 4. The minimum Gasteiger partial charge on any atom is -0.351 e. The quantitative estimate of drug-likeness (QED) is 0.505. The number of aliphatic imine (C=N–C) groups is 1. The zero-order valence-electron chi connectivity index (χ0n) is 15.7. The Morgan fingerprint density at radius 2 is 2.04 bits per heavy atom. The molecular formula is C19H23ClN6S. The summed E-state index contributed by atoms with van der Waals surface area (Å²) in [6, 6.07) is 12.0. The van der Waals surface area contributed by atoms with E-state index in [0.29, 0.717) is 6.54 Å². The second-order valence-corrected chi connectivity index (χ2v) is 7.75. The van der Waals surface area contributed by atoms with Crippen molar-refractivity contribution >= 4 is 28.9 Å². The summed E-state index contributed by atoms with van der Waals surface area (Å²) in [6.45, 7) is 3.86. The maximum absolute atomic E-state index is 5.99. The first-order chi connectivity index (χ1) is 13.0. The molecule has 0 unspecified atom stereocenters. The zero-order valence-corrected chi connectivity index (χ0v) is 17.3. The maximum Gasteiger partial charge on any atom is 0.194 e. The van der Waals surface area contributed by atoms with E-state index in [2.05, 4.69) is 37.9 Å². The number of hydrogen-bond donors (Lipinski definition) is 1. The van der Waals surface area contributed by atoms with Crippen molar-refractivity contribution in [2.75, 3.05) is 7.05 Å². The minimum atomic E-state index is 0.467. The van der Waals surface area contributed by atoms with Crippen LogP contribution in [0.1, 0.15) is 22.1 Å². The highest BCUT2D eigenvalue weighted by Gasteiger charge is 2.10. The molecule has 0 aliphatic rings. The molecule has 1 N–H and O–H groups in total. The summed E-state index contributed by atoms with van der Waals surface area (Å²) < 4.78 is 1.96. The number of aromatic nitrogens is 3. The summed E-state index contributed by atoms with van der Waals surface area (Å²) in [5, 5.41) is 14.6. The van der Waals surface area contributed by atoms with Gasteiger partial charge < -0.3 is 14.8 Å². The van der Waals surface area contributed by atoms with E-state index in [9.17, 15) is 0 Å². The maximum atomic E-state index is 5.99. The second kappa shape index (κ2) is 9.01. The number of thiophene rings is 1. The molecule has 0 aliphatic heterocycles. The molecule has 0 atom stereocenters. The van der Waals surface area contributed by atoms with Crippen molar-refractivity contribution in [3.63, 3.8) is 0 Å². The predicted molar refractivity (Wildman–Crippen MR) is 111 cm³/mol. The summed E-state index contributed by atoms with van der Waals surface area (Å²) in [7, 11) is 3.98. The lowest BCUT2D eigenvalue weighted by Gasteiger charge is -2.22. The van der Waals surface area contributed by atoms with E-state index in [1.165, 1.54) is 10.4 Å². The van der Waals surface area contributed by atoms with Crippen LogP contribution in [0.3, 0.4) is 0 Å². The first kappa shape index (κ1) is 19.4. The monoisotopic (exact) mass is 402 g/mol. The molecule has 2 heterocycles. The van der Waals surface area contributed by atoms with Gasteiger partial charge in [0.1, 0.15) is 12.4 Å². The van der Waals surface area contributed by atoms with Gasteiger partial charge in [-0.1, -0.05) is 29.8 Å². The Morgan fingerprint density at radius 3 is 2.67 bits per heavy atom. The first-order valence-electron chi connectivity index (χ1n) is 8.64. The van der Waals surface area contributed by atoms with Crippen LogP contribution in [0.5, 0.6) is 0 Å². The van der Waals surface area contributed by atoms with Gasteiger partial charge in [0.25, 0.3) is 0 Å². The van der Waals surface area contributed by atoms with Gasteiger partial charge in [0.2, 0.25) is 0 Å². The van der Waals surface area contributed by atoms with Crippen molar-refractivity contribution in [2.24, 2.45) is 12.0 Å². The van der Waals surface area contributed by atoms with E-state index in [-0.39, 0.29) is 0 Å². The predicted octanol–water partition coefficient (Wildman–Crippen LogP) is 3.62. The molecule has 1 aromatic carbocycles. The summed E-state index contributed by atoms with van der Waals surface area (Å²) in [4.78, 5) is 8.13. The van der Waals surface area contributed by atoms with Crippen molar-refractivity contribution in [3.8, 4) is 0 Å². The summed E-state index contributed by atoms with van der Waals surface area (Å²) in [5.41, 5.74) is 1.17. The Hall–Kier alpha value is -2.38. The average Bonchev–Trinajstić information content (AvgIpc) is 3.28. The SMILES string of the molecule is Cc1nnc(CN=C(NCc2cccs2)N(C)Cc2ccc(Cl)cc2)n1C. The standard InChI is InChI=1S/C19H23ClN6S/c1-14-23-24-18(26(14)3)12-22-19(21-11-17-5-4-10-27-17)25(2)13-15-6-8-16(20)9-7-15/h4-10H,11-13H2,1-3H3,(H,21,22). The number of benzene rings is 1. The van der Waals surface area contributed by atoms with E-state index < -0.39 is 0 Å². The molecule has 0 saturated carbocycles. The van der Waals surface area contributed by atoms with E-state index in [1.54, 1.807) is 11.3 Å². The van der Waals surface area contributed by atoms with Crippen LogP contribution in [0.25, 0.3) is 0 Å². The smallest absolute Gasteiger partial charge is 0.194 e. The number of halogens is 1. The highest BCUT2D eigenvalue weighted by Crippen LogP contribution is 2.12. The number of rotatable bonds is 6. The van der Waals surface area contributed by atoms with E-state index in [1.807, 2.05) is 49.9 Å². The molecule has 0 fully saturated rings. The molecule has 0 radical (unpaired) electrons. The second-order valence-electron chi connectivity index (χ2n) is 6.28. The van der Waals surface area contributed by atoms with Gasteiger partial charge in [-0.3, -0.25) is 0 Å². The number of aryl methyl sites for hydroxylation is 1. The molecule has 0 aliphatic carbocycles. The van der Waals surface area contributed by atoms with Gasteiger partial charge in [-0.05, 0) is 36.1 Å². The Balaban J connectivity index is 1.73. The lowest BCUT2D eigenvalue weighted by atomic mass is 10.2. The molecule has 3 aromatic rings. The fraction of sp³-hybridized carbons (Fsp3) is 0.316. The highest BCUT2D eigenvalue weighted by molar-refractivity contribution is 7.09. The fourth-order valence-electron chi connectivity index (χ4n) is 2.56. The van der Waals surface area contributed by atoms with Gasteiger partial charge in [-0.15, -0.1) is 21.5 Å². The number of guanidine groups is 1. The molecule has 3 rings (SSSR count). The molecule has 0 bridgehead atoms. The Morgan fingerprint density at radius 1 is 1.26 bits per heavy atom. The van der Waals surface area contributed by atoms with E-state index in [0.717, 1.165) is 35.7 Å². The third kappa shape index (κ3) is 5.30. The molecular weight excluding hydrogens is 380 g/mol. The van der Waals surface area contributed by atoms with Crippen molar-refractivity contribution in [2.45, 2.75) is 26.6 Å². The molecule has 142 valence electrons. The third-order valence-electron chi connectivity index (χ3n) is 4.25. The zero-order chi connectivity index (χ0) is 19.2. The Kier molecular flexibility index (Phi) is 6.47. The van der Waals surface area contributed by atoms with Crippen LogP contribution in [-0.4, -0.2) is 32.7 Å². The normalized spacial score (nSPS) is 11.6. The van der Waals surface area contributed by atoms with E-state index >= 15 is 0 Å². The van der Waals surface area contributed by atoms with Crippen LogP contribution in [0.4, 0.5) is 0 Å². The molecule has 27 heavy (non-hydrogen) atoms. The summed E-state index contributed by atoms with van der Waals surface area (Å²) in [6.07, 6.45) is 0. The van der Waals surface area contributed by atoms with Crippen LogP contribution in [0.15, 0.2) is 46.8 Å². The highest BCUT2D eigenvalue weighted by atomic mass is 35.5. The Bertz CT molecular complexity index is 886. The lowest BCUT2D eigenvalue weighted by Crippen LogP contribution is -2.38. The largest absolute Gasteiger partial charge is 0.351 e. The Labute approximate surface area is 168 Å². The van der Waals surface area contributed by atoms with Crippen LogP contribution < -0.4 is 5.32 Å². The van der Waals surface area contributed by atoms with Crippen LogP contribution >= 0.6 is 22.9 Å². The van der Waals surface area contributed by atoms with Gasteiger partial charge in [-0.25, -0.2) is 4.99 Å². The minimum absolute atomic E-state index is 0.467. The molecule has 2 aromatic heterocycles. The summed E-state index contributed by atoms with van der Waals surface area (Å²) in [5.74, 6) is 2.53. The third-order valence-corrected chi connectivity index (χ3v) is 5.38.